The van der Waals surface area contributed by atoms with E-state index in [1.807, 2.05) is 16.8 Å². The van der Waals surface area contributed by atoms with Crippen molar-refractivity contribution in [1.29, 1.82) is 0 Å². The molecule has 0 radical (unpaired) electrons. The van der Waals surface area contributed by atoms with Crippen LogP contribution in [0.5, 0.6) is 0 Å². The molecule has 0 aromatic carbocycles. The Morgan fingerprint density at radius 2 is 2.15 bits per heavy atom. The number of amides is 1. The summed E-state index contributed by atoms with van der Waals surface area (Å²) in [5.41, 5.74) is 0.930. The van der Waals surface area contributed by atoms with Gasteiger partial charge in [0.15, 0.2) is 0 Å². The number of nitrogens with one attached hydrogen (secondary N) is 1. The topological polar surface area (TPSA) is 71.3 Å². The minimum absolute atomic E-state index is 0.0423. The molecule has 1 N–H and O–H groups in total. The van der Waals surface area contributed by atoms with E-state index in [1.165, 1.54) is 19.5 Å². The van der Waals surface area contributed by atoms with Crippen molar-refractivity contribution >= 4 is 17.2 Å². The van der Waals surface area contributed by atoms with Crippen LogP contribution in [0.15, 0.2) is 21.2 Å². The number of carbonyl (C=O) groups is 1. The Balaban J connectivity index is 1.31. The molecule has 1 aliphatic heterocycles. The molecule has 1 amide bonds. The van der Waals surface area contributed by atoms with Crippen LogP contribution in [0.25, 0.3) is 11.5 Å². The van der Waals surface area contributed by atoms with Crippen molar-refractivity contribution in [2.75, 3.05) is 26.2 Å². The molecule has 26 heavy (non-hydrogen) atoms. The molecule has 1 saturated heterocycles. The van der Waals surface area contributed by atoms with Crippen LogP contribution >= 0.6 is 11.3 Å². The molecule has 3 rings (SSSR count). The van der Waals surface area contributed by atoms with E-state index in [2.05, 4.69) is 34.3 Å². The predicted octanol–water partition coefficient (Wildman–Crippen LogP) is 3.21. The summed E-state index contributed by atoms with van der Waals surface area (Å²) < 4.78 is 5.60. The minimum atomic E-state index is 0.0423. The predicted molar refractivity (Wildman–Crippen MR) is 103 cm³/mol. The Morgan fingerprint density at radius 3 is 2.88 bits per heavy atom. The molecular formula is C19H28N4O2S. The van der Waals surface area contributed by atoms with Gasteiger partial charge in [0.25, 0.3) is 0 Å². The number of piperidine rings is 1. The number of likely N-dealkylation sites (tertiary alicyclic amines) is 1. The van der Waals surface area contributed by atoms with Gasteiger partial charge in [-0.05, 0) is 42.7 Å². The normalized spacial score (nSPS) is 21.0. The van der Waals surface area contributed by atoms with Gasteiger partial charge in [-0.3, -0.25) is 4.79 Å². The number of aryl methyl sites for hydroxylation is 1. The highest BCUT2D eigenvalue weighted by molar-refractivity contribution is 7.08. The maximum Gasteiger partial charge on any atom is 0.248 e. The Morgan fingerprint density at radius 1 is 1.35 bits per heavy atom. The van der Waals surface area contributed by atoms with Crippen molar-refractivity contribution in [2.45, 2.75) is 39.5 Å². The summed E-state index contributed by atoms with van der Waals surface area (Å²) in [5, 5.41) is 15.0. The molecule has 3 heterocycles. The summed E-state index contributed by atoms with van der Waals surface area (Å²) in [6.45, 7) is 8.80. The summed E-state index contributed by atoms with van der Waals surface area (Å²) in [7, 11) is 0. The zero-order valence-corrected chi connectivity index (χ0v) is 16.4. The van der Waals surface area contributed by atoms with E-state index < -0.39 is 0 Å². The Kier molecular flexibility index (Phi) is 6.80. The van der Waals surface area contributed by atoms with Crippen molar-refractivity contribution in [1.82, 2.24) is 20.4 Å². The number of carbonyl (C=O) groups excluding carboxylic acids is 1. The van der Waals surface area contributed by atoms with Crippen LogP contribution in [-0.4, -0.2) is 47.2 Å². The summed E-state index contributed by atoms with van der Waals surface area (Å²) in [6.07, 6.45) is 3.18. The van der Waals surface area contributed by atoms with Crippen molar-refractivity contribution in [3.8, 4) is 11.5 Å². The number of rotatable bonds is 8. The molecule has 0 bridgehead atoms. The van der Waals surface area contributed by atoms with Crippen molar-refractivity contribution in [2.24, 2.45) is 11.8 Å². The highest BCUT2D eigenvalue weighted by Crippen LogP contribution is 2.21. The average Bonchev–Trinajstić information content (AvgIpc) is 3.27. The molecule has 2 aromatic heterocycles. The molecule has 2 atom stereocenters. The van der Waals surface area contributed by atoms with Crippen molar-refractivity contribution in [3.05, 3.63) is 22.7 Å². The second-order valence-corrected chi connectivity index (χ2v) is 8.20. The van der Waals surface area contributed by atoms with E-state index in [-0.39, 0.29) is 5.91 Å². The zero-order valence-electron chi connectivity index (χ0n) is 15.6. The SMILES string of the molecule is CC1CC(C)CN(CCCNC(=O)CCc2nnc(-c3ccsc3)o2)C1. The van der Waals surface area contributed by atoms with E-state index in [0.29, 0.717) is 24.6 Å². The zero-order chi connectivity index (χ0) is 18.4. The molecular weight excluding hydrogens is 348 g/mol. The summed E-state index contributed by atoms with van der Waals surface area (Å²) in [4.78, 5) is 14.5. The fourth-order valence-electron chi connectivity index (χ4n) is 3.67. The van der Waals surface area contributed by atoms with Gasteiger partial charge in [-0.1, -0.05) is 13.8 Å². The van der Waals surface area contributed by atoms with Gasteiger partial charge >= 0.3 is 0 Å². The maximum absolute atomic E-state index is 12.0. The largest absolute Gasteiger partial charge is 0.421 e. The standard InChI is InChI=1S/C19H28N4O2S/c1-14-10-15(2)12-23(11-14)8-3-7-20-17(24)4-5-18-21-22-19(25-18)16-6-9-26-13-16/h6,9,13-15H,3-5,7-8,10-12H2,1-2H3,(H,20,24). The molecule has 142 valence electrons. The Bertz CT molecular complexity index is 676. The van der Waals surface area contributed by atoms with Gasteiger partial charge in [-0.2, -0.15) is 11.3 Å². The second-order valence-electron chi connectivity index (χ2n) is 7.42. The molecule has 2 unspecified atom stereocenters. The van der Waals surface area contributed by atoms with E-state index >= 15 is 0 Å². The highest BCUT2D eigenvalue weighted by atomic mass is 32.1. The minimum Gasteiger partial charge on any atom is -0.421 e. The molecule has 7 heteroatoms. The molecule has 6 nitrogen and oxygen atoms in total. The Labute approximate surface area is 159 Å². The van der Waals surface area contributed by atoms with Crippen LogP contribution in [0.4, 0.5) is 0 Å². The lowest BCUT2D eigenvalue weighted by atomic mass is 9.92. The molecule has 1 aliphatic rings. The Hall–Kier alpha value is -1.73. The quantitative estimate of drug-likeness (QED) is 0.716. The molecule has 0 saturated carbocycles. The van der Waals surface area contributed by atoms with Gasteiger partial charge < -0.3 is 14.6 Å². The van der Waals surface area contributed by atoms with E-state index in [9.17, 15) is 4.79 Å². The molecule has 1 fully saturated rings. The third-order valence-electron chi connectivity index (χ3n) is 4.72. The number of nitrogens with zero attached hydrogens (tertiary/aromatic N) is 3. The van der Waals surface area contributed by atoms with Gasteiger partial charge in [0.05, 0.1) is 0 Å². The van der Waals surface area contributed by atoms with Crippen molar-refractivity contribution in [3.63, 3.8) is 0 Å². The third-order valence-corrected chi connectivity index (χ3v) is 5.40. The van der Waals surface area contributed by atoms with Crippen LogP contribution < -0.4 is 5.32 Å². The highest BCUT2D eigenvalue weighted by Gasteiger charge is 2.21. The molecule has 0 aliphatic carbocycles. The monoisotopic (exact) mass is 376 g/mol. The van der Waals surface area contributed by atoms with Gasteiger partial charge in [0.2, 0.25) is 17.7 Å². The van der Waals surface area contributed by atoms with Gasteiger partial charge in [-0.15, -0.1) is 10.2 Å². The smallest absolute Gasteiger partial charge is 0.248 e. The van der Waals surface area contributed by atoms with Crippen LogP contribution in [0.3, 0.4) is 0 Å². The summed E-state index contributed by atoms with van der Waals surface area (Å²) in [5.74, 6) is 2.63. The fourth-order valence-corrected chi connectivity index (χ4v) is 4.30. The van der Waals surface area contributed by atoms with E-state index in [4.69, 9.17) is 4.42 Å². The first-order valence-electron chi connectivity index (χ1n) is 9.44. The van der Waals surface area contributed by atoms with Crippen LogP contribution in [-0.2, 0) is 11.2 Å². The summed E-state index contributed by atoms with van der Waals surface area (Å²) >= 11 is 1.59. The molecule has 2 aromatic rings. The maximum atomic E-state index is 12.0. The second kappa shape index (κ2) is 9.28. The van der Waals surface area contributed by atoms with E-state index in [0.717, 1.165) is 36.9 Å². The van der Waals surface area contributed by atoms with Crippen molar-refractivity contribution < 1.29 is 9.21 Å². The fraction of sp³-hybridized carbons (Fsp3) is 0.632. The number of hydrogen-bond acceptors (Lipinski definition) is 6. The number of aromatic nitrogens is 2. The van der Waals surface area contributed by atoms with Crippen LogP contribution in [0, 0.1) is 11.8 Å². The van der Waals surface area contributed by atoms with Gasteiger partial charge in [0, 0.05) is 43.4 Å². The van der Waals surface area contributed by atoms with Gasteiger partial charge in [0.1, 0.15) is 0 Å². The van der Waals surface area contributed by atoms with Crippen LogP contribution in [0.2, 0.25) is 0 Å². The third kappa shape index (κ3) is 5.64. The first-order chi connectivity index (χ1) is 12.6. The first-order valence-corrected chi connectivity index (χ1v) is 10.4. The lowest BCUT2D eigenvalue weighted by Gasteiger charge is -2.34. The first kappa shape index (κ1) is 19.0. The molecule has 0 spiro atoms. The summed E-state index contributed by atoms with van der Waals surface area (Å²) in [6, 6.07) is 1.94. The van der Waals surface area contributed by atoms with Crippen LogP contribution in [0.1, 0.15) is 39.0 Å². The number of thiophene rings is 1. The van der Waals surface area contributed by atoms with E-state index in [1.54, 1.807) is 11.3 Å². The lowest BCUT2D eigenvalue weighted by molar-refractivity contribution is -0.121. The van der Waals surface area contributed by atoms with Gasteiger partial charge in [-0.25, -0.2) is 0 Å². The lowest BCUT2D eigenvalue weighted by Crippen LogP contribution is -2.40. The average molecular weight is 377 g/mol. The number of hydrogen-bond donors (Lipinski definition) is 1.